The summed E-state index contributed by atoms with van der Waals surface area (Å²) in [5.74, 6) is -0.193. The predicted molar refractivity (Wildman–Crippen MR) is 103 cm³/mol. The molecule has 0 radical (unpaired) electrons. The quantitative estimate of drug-likeness (QED) is 0.529. The molecule has 7 heteroatoms. The Kier molecular flexibility index (Phi) is 5.30. The Hall–Kier alpha value is -3.48. The van der Waals surface area contributed by atoms with E-state index in [1.807, 2.05) is 48.9 Å². The number of nitrogens with one attached hydrogen (secondary N) is 1. The summed E-state index contributed by atoms with van der Waals surface area (Å²) in [5, 5.41) is 18.1. The lowest BCUT2D eigenvalue weighted by atomic mass is 10.1. The molecule has 0 unspecified atom stereocenters. The molecule has 138 valence electrons. The highest BCUT2D eigenvalue weighted by molar-refractivity contribution is 5.91. The molecule has 3 rings (SSSR count). The molecule has 0 spiro atoms. The number of hydrogen-bond donors (Lipinski definition) is 1. The van der Waals surface area contributed by atoms with Crippen molar-refractivity contribution in [2.75, 3.05) is 5.32 Å². The number of aromatic nitrogens is 2. The maximum absolute atomic E-state index is 12.3. The van der Waals surface area contributed by atoms with Gasteiger partial charge in [0.1, 0.15) is 0 Å². The first-order chi connectivity index (χ1) is 13.0. The molecule has 27 heavy (non-hydrogen) atoms. The number of carbonyl (C=O) groups is 1. The summed E-state index contributed by atoms with van der Waals surface area (Å²) in [5.41, 5.74) is 4.27. The fourth-order valence-electron chi connectivity index (χ4n) is 3.02. The Morgan fingerprint density at radius 3 is 2.59 bits per heavy atom. The summed E-state index contributed by atoms with van der Waals surface area (Å²) in [7, 11) is 0. The van der Waals surface area contributed by atoms with Crippen molar-refractivity contribution < 1.29 is 9.72 Å². The standard InChI is InChI=1S/C20H20N4O3/c1-14-19(15(2)23(22-14)17-8-4-3-5-9-17)11-12-20(25)21-16-7-6-10-18(13-16)24(26)27/h3-10,13H,11-12H2,1-2H3,(H,21,25). The van der Waals surface area contributed by atoms with E-state index in [1.54, 1.807) is 12.1 Å². The molecule has 1 aromatic heterocycles. The zero-order valence-electron chi connectivity index (χ0n) is 15.2. The number of aryl methyl sites for hydroxylation is 1. The maximum Gasteiger partial charge on any atom is 0.271 e. The lowest BCUT2D eigenvalue weighted by Crippen LogP contribution is -2.13. The number of nitro groups is 1. The van der Waals surface area contributed by atoms with Gasteiger partial charge in [0.05, 0.1) is 16.3 Å². The van der Waals surface area contributed by atoms with Gasteiger partial charge >= 0.3 is 0 Å². The summed E-state index contributed by atoms with van der Waals surface area (Å²) in [6.45, 7) is 3.92. The average Bonchev–Trinajstić information content (AvgIpc) is 2.95. The van der Waals surface area contributed by atoms with Crippen LogP contribution in [0.1, 0.15) is 23.4 Å². The van der Waals surface area contributed by atoms with Crippen molar-refractivity contribution in [3.63, 3.8) is 0 Å². The van der Waals surface area contributed by atoms with Crippen LogP contribution in [0, 0.1) is 24.0 Å². The highest BCUT2D eigenvalue weighted by atomic mass is 16.6. The summed E-state index contributed by atoms with van der Waals surface area (Å²) in [6.07, 6.45) is 0.816. The minimum absolute atomic E-state index is 0.0522. The third kappa shape index (κ3) is 4.20. The lowest BCUT2D eigenvalue weighted by molar-refractivity contribution is -0.384. The number of nitrogens with zero attached hydrogens (tertiary/aromatic N) is 3. The molecule has 7 nitrogen and oxygen atoms in total. The highest BCUT2D eigenvalue weighted by Crippen LogP contribution is 2.20. The van der Waals surface area contributed by atoms with E-state index in [2.05, 4.69) is 10.4 Å². The molecule has 0 saturated heterocycles. The topological polar surface area (TPSA) is 90.1 Å². The van der Waals surface area contributed by atoms with Gasteiger partial charge in [-0.1, -0.05) is 24.3 Å². The summed E-state index contributed by atoms with van der Waals surface area (Å²) >= 11 is 0. The van der Waals surface area contributed by atoms with Crippen LogP contribution >= 0.6 is 0 Å². The van der Waals surface area contributed by atoms with Crippen LogP contribution in [0.25, 0.3) is 5.69 Å². The van der Waals surface area contributed by atoms with Crippen LogP contribution in [-0.2, 0) is 11.2 Å². The van der Waals surface area contributed by atoms with Crippen LogP contribution < -0.4 is 5.32 Å². The first kappa shape index (κ1) is 18.3. The summed E-state index contributed by atoms with van der Waals surface area (Å²) < 4.78 is 1.88. The maximum atomic E-state index is 12.3. The predicted octanol–water partition coefficient (Wildman–Crippen LogP) is 3.97. The fourth-order valence-corrected chi connectivity index (χ4v) is 3.02. The van der Waals surface area contributed by atoms with E-state index in [9.17, 15) is 14.9 Å². The van der Waals surface area contributed by atoms with Gasteiger partial charge in [-0.25, -0.2) is 4.68 Å². The van der Waals surface area contributed by atoms with Crippen molar-refractivity contribution >= 4 is 17.3 Å². The van der Waals surface area contributed by atoms with Gasteiger partial charge in [-0.05, 0) is 44.0 Å². The zero-order chi connectivity index (χ0) is 19.4. The molecule has 0 aliphatic carbocycles. The van der Waals surface area contributed by atoms with Crippen molar-refractivity contribution in [2.24, 2.45) is 0 Å². The van der Waals surface area contributed by atoms with Gasteiger partial charge in [0.2, 0.25) is 5.91 Å². The lowest BCUT2D eigenvalue weighted by Gasteiger charge is -2.07. The van der Waals surface area contributed by atoms with Gasteiger partial charge < -0.3 is 5.32 Å². The monoisotopic (exact) mass is 364 g/mol. The van der Waals surface area contributed by atoms with Crippen molar-refractivity contribution in [2.45, 2.75) is 26.7 Å². The van der Waals surface area contributed by atoms with E-state index >= 15 is 0 Å². The second-order valence-corrected chi connectivity index (χ2v) is 6.25. The number of para-hydroxylation sites is 1. The third-order valence-corrected chi connectivity index (χ3v) is 4.38. The first-order valence-corrected chi connectivity index (χ1v) is 8.60. The van der Waals surface area contributed by atoms with Crippen LogP contribution in [0.15, 0.2) is 54.6 Å². The SMILES string of the molecule is Cc1nn(-c2ccccc2)c(C)c1CCC(=O)Nc1cccc([N+](=O)[O-])c1. The fraction of sp³-hybridized carbons (Fsp3) is 0.200. The van der Waals surface area contributed by atoms with E-state index in [4.69, 9.17) is 0 Å². The van der Waals surface area contributed by atoms with E-state index in [1.165, 1.54) is 12.1 Å². The molecule has 0 saturated carbocycles. The molecule has 0 atom stereocenters. The molecule has 0 aliphatic rings. The van der Waals surface area contributed by atoms with Crippen LogP contribution in [0.4, 0.5) is 11.4 Å². The molecule has 1 amide bonds. The first-order valence-electron chi connectivity index (χ1n) is 8.60. The number of nitro benzene ring substituents is 1. The number of hydrogen-bond acceptors (Lipinski definition) is 4. The number of benzene rings is 2. The molecule has 1 N–H and O–H groups in total. The van der Waals surface area contributed by atoms with E-state index in [0.29, 0.717) is 12.1 Å². The van der Waals surface area contributed by atoms with E-state index in [0.717, 1.165) is 22.6 Å². The van der Waals surface area contributed by atoms with Crippen LogP contribution in [0.3, 0.4) is 0 Å². The minimum atomic E-state index is -0.486. The summed E-state index contributed by atoms with van der Waals surface area (Å²) in [6, 6.07) is 15.8. The molecule has 1 heterocycles. The van der Waals surface area contributed by atoms with Crippen molar-refractivity contribution in [3.05, 3.63) is 81.7 Å². The van der Waals surface area contributed by atoms with E-state index in [-0.39, 0.29) is 18.0 Å². The minimum Gasteiger partial charge on any atom is -0.326 e. The Morgan fingerprint density at radius 2 is 1.89 bits per heavy atom. The van der Waals surface area contributed by atoms with Crippen molar-refractivity contribution in [1.29, 1.82) is 0 Å². The van der Waals surface area contributed by atoms with Crippen molar-refractivity contribution in [1.82, 2.24) is 9.78 Å². The van der Waals surface area contributed by atoms with Crippen LogP contribution in [0.5, 0.6) is 0 Å². The molecular weight excluding hydrogens is 344 g/mol. The number of carbonyl (C=O) groups excluding carboxylic acids is 1. The van der Waals surface area contributed by atoms with Gasteiger partial charge in [0.25, 0.3) is 5.69 Å². The van der Waals surface area contributed by atoms with Gasteiger partial charge in [0, 0.05) is 29.9 Å². The Labute approximate surface area is 156 Å². The Balaban J connectivity index is 1.68. The summed E-state index contributed by atoms with van der Waals surface area (Å²) in [4.78, 5) is 22.6. The molecule has 3 aromatic rings. The van der Waals surface area contributed by atoms with Crippen molar-refractivity contribution in [3.8, 4) is 5.69 Å². The molecule has 0 fully saturated rings. The van der Waals surface area contributed by atoms with Crippen LogP contribution in [-0.4, -0.2) is 20.6 Å². The second kappa shape index (κ2) is 7.82. The number of amides is 1. The highest BCUT2D eigenvalue weighted by Gasteiger charge is 2.14. The molecule has 2 aromatic carbocycles. The molecule has 0 bridgehead atoms. The number of non-ortho nitro benzene ring substituents is 1. The van der Waals surface area contributed by atoms with Gasteiger partial charge in [-0.2, -0.15) is 5.10 Å². The average molecular weight is 364 g/mol. The third-order valence-electron chi connectivity index (χ3n) is 4.38. The van der Waals surface area contributed by atoms with Crippen LogP contribution in [0.2, 0.25) is 0 Å². The van der Waals surface area contributed by atoms with Gasteiger partial charge in [-0.15, -0.1) is 0 Å². The largest absolute Gasteiger partial charge is 0.326 e. The normalized spacial score (nSPS) is 10.6. The molecular formula is C20H20N4O3. The molecule has 0 aliphatic heterocycles. The van der Waals surface area contributed by atoms with Gasteiger partial charge in [0.15, 0.2) is 0 Å². The van der Waals surface area contributed by atoms with Gasteiger partial charge in [-0.3, -0.25) is 14.9 Å². The smallest absolute Gasteiger partial charge is 0.271 e. The number of anilines is 1. The second-order valence-electron chi connectivity index (χ2n) is 6.25. The van der Waals surface area contributed by atoms with E-state index < -0.39 is 4.92 Å². The number of rotatable bonds is 6. The Morgan fingerprint density at radius 1 is 1.15 bits per heavy atom. The zero-order valence-corrected chi connectivity index (χ0v) is 15.2. The Bertz CT molecular complexity index is 980.